The molecule has 0 radical (unpaired) electrons. The van der Waals surface area contributed by atoms with E-state index in [2.05, 4.69) is 26.8 Å². The molecule has 1 heterocycles. The van der Waals surface area contributed by atoms with E-state index in [1.165, 1.54) is 6.07 Å². The molecule has 5 rings (SSSR count). The predicted octanol–water partition coefficient (Wildman–Crippen LogP) is 5.81. The van der Waals surface area contributed by atoms with Crippen LogP contribution in [0, 0.1) is 11.6 Å². The van der Waals surface area contributed by atoms with Crippen LogP contribution < -0.4 is 15.6 Å². The first-order chi connectivity index (χ1) is 20.9. The normalized spacial score (nSPS) is 17.7. The number of carbonyl (C=O) groups is 1. The van der Waals surface area contributed by atoms with Crippen LogP contribution in [0.1, 0.15) is 34.8 Å². The highest BCUT2D eigenvalue weighted by atomic mass is 79.9. The molecule has 1 aliphatic heterocycles. The summed E-state index contributed by atoms with van der Waals surface area (Å²) in [6.45, 7) is 0.142. The molecular formula is C33H30BrF2N3O4. The number of aliphatic imine (C=N–C) groups is 1. The highest BCUT2D eigenvalue weighted by Crippen LogP contribution is 2.42. The summed E-state index contributed by atoms with van der Waals surface area (Å²) in [4.78, 5) is 19.1. The Balaban J connectivity index is 1.50. The second-order valence-electron chi connectivity index (χ2n) is 10.0. The molecule has 3 N–H and O–H groups in total. The molecule has 4 aromatic carbocycles. The number of halogens is 3. The molecule has 0 saturated carbocycles. The topological polar surface area (TPSA) is 92.2 Å². The van der Waals surface area contributed by atoms with Gasteiger partial charge in [-0.25, -0.2) is 19.2 Å². The molecule has 0 spiro atoms. The van der Waals surface area contributed by atoms with E-state index in [1.807, 2.05) is 54.6 Å². The average molecular weight is 651 g/mol. The lowest BCUT2D eigenvalue weighted by Crippen LogP contribution is -2.53. The Hall–Kier alpha value is -4.12. The third kappa shape index (κ3) is 7.10. The van der Waals surface area contributed by atoms with Crippen molar-refractivity contribution in [2.45, 2.75) is 31.0 Å². The van der Waals surface area contributed by atoms with Crippen molar-refractivity contribution in [1.82, 2.24) is 10.9 Å². The lowest BCUT2D eigenvalue weighted by molar-refractivity contribution is -0.130. The van der Waals surface area contributed by atoms with Gasteiger partial charge in [0.1, 0.15) is 17.4 Å². The van der Waals surface area contributed by atoms with Gasteiger partial charge in [0.15, 0.2) is 11.6 Å². The van der Waals surface area contributed by atoms with Gasteiger partial charge in [-0.3, -0.25) is 10.2 Å². The summed E-state index contributed by atoms with van der Waals surface area (Å²) in [6.07, 6.45) is -0.130. The second-order valence-corrected chi connectivity index (χ2v) is 10.9. The van der Waals surface area contributed by atoms with Crippen LogP contribution in [0.4, 0.5) is 8.78 Å². The number of ether oxygens (including phenoxy) is 2. The molecule has 0 aromatic heterocycles. The Morgan fingerprint density at radius 3 is 2.33 bits per heavy atom. The number of hydrazine groups is 1. The smallest absolute Gasteiger partial charge is 0.266 e. The van der Waals surface area contributed by atoms with E-state index < -0.39 is 29.2 Å². The number of aliphatic hydroxyl groups is 1. The van der Waals surface area contributed by atoms with Gasteiger partial charge in [0, 0.05) is 41.6 Å². The zero-order valence-electron chi connectivity index (χ0n) is 23.1. The van der Waals surface area contributed by atoms with Gasteiger partial charge >= 0.3 is 0 Å². The molecule has 7 nitrogen and oxygen atoms in total. The molecule has 43 heavy (non-hydrogen) atoms. The van der Waals surface area contributed by atoms with Crippen LogP contribution in [-0.2, 0) is 22.5 Å². The number of hydrogen-bond donors (Lipinski definition) is 3. The minimum Gasteiger partial charge on any atom is -0.494 e. The summed E-state index contributed by atoms with van der Waals surface area (Å²) in [7, 11) is 0. The molecule has 0 unspecified atom stereocenters. The first kappa shape index (κ1) is 30.3. The summed E-state index contributed by atoms with van der Waals surface area (Å²) in [5, 5.41) is 9.02. The van der Waals surface area contributed by atoms with Crippen molar-refractivity contribution in [3.63, 3.8) is 0 Å². The molecule has 0 fully saturated rings. The van der Waals surface area contributed by atoms with Gasteiger partial charge in [-0.15, -0.1) is 0 Å². The Morgan fingerprint density at radius 2 is 1.65 bits per heavy atom. The standard InChI is InChI=1S/C33H30BrF2N3O4/c34-25-14-10-22(11-15-25)20-33(32(41)39-37-21-27-28(35)8-4-9-29(27)36)30(23-6-2-1-3-7-23)43-31(38-33)24-12-16-26(17-13-24)42-19-5-18-40/h1-4,6-17,30,37,40H,5,18-21H2,(H,39,41)/t30-,33-/m0/s1. The lowest BCUT2D eigenvalue weighted by Gasteiger charge is -2.31. The average Bonchev–Trinajstić information content (AvgIpc) is 3.41. The van der Waals surface area contributed by atoms with Crippen LogP contribution in [0.2, 0.25) is 0 Å². The van der Waals surface area contributed by atoms with Crippen molar-refractivity contribution < 1.29 is 28.2 Å². The Kier molecular flexibility index (Phi) is 9.81. The number of hydrogen-bond acceptors (Lipinski definition) is 6. The van der Waals surface area contributed by atoms with Crippen molar-refractivity contribution in [3.8, 4) is 5.75 Å². The van der Waals surface area contributed by atoms with E-state index in [9.17, 15) is 13.6 Å². The fourth-order valence-electron chi connectivity index (χ4n) is 4.85. The molecule has 2 atom stereocenters. The first-order valence-corrected chi connectivity index (χ1v) is 14.5. The maximum atomic E-state index is 14.3. The quantitative estimate of drug-likeness (QED) is 0.133. The fraction of sp³-hybridized carbons (Fsp3) is 0.212. The molecule has 222 valence electrons. The lowest BCUT2D eigenvalue weighted by atomic mass is 9.82. The van der Waals surface area contributed by atoms with Crippen LogP contribution in [0.3, 0.4) is 0 Å². The zero-order chi connectivity index (χ0) is 30.2. The van der Waals surface area contributed by atoms with Crippen molar-refractivity contribution in [3.05, 3.63) is 135 Å². The molecule has 1 aliphatic rings. The zero-order valence-corrected chi connectivity index (χ0v) is 24.7. The largest absolute Gasteiger partial charge is 0.494 e. The van der Waals surface area contributed by atoms with Crippen molar-refractivity contribution in [2.24, 2.45) is 4.99 Å². The summed E-state index contributed by atoms with van der Waals surface area (Å²) in [5.74, 6) is -1.08. The first-order valence-electron chi connectivity index (χ1n) is 13.8. The second kappa shape index (κ2) is 13.9. The van der Waals surface area contributed by atoms with Crippen LogP contribution in [0.25, 0.3) is 0 Å². The summed E-state index contributed by atoms with van der Waals surface area (Å²) in [6, 6.07) is 27.6. The van der Waals surface area contributed by atoms with E-state index >= 15 is 0 Å². The van der Waals surface area contributed by atoms with Gasteiger partial charge in [0.2, 0.25) is 5.90 Å². The fourth-order valence-corrected chi connectivity index (χ4v) is 5.11. The van der Waals surface area contributed by atoms with Crippen LogP contribution in [0.5, 0.6) is 5.75 Å². The maximum Gasteiger partial charge on any atom is 0.266 e. The van der Waals surface area contributed by atoms with E-state index in [0.717, 1.165) is 27.7 Å². The van der Waals surface area contributed by atoms with Gasteiger partial charge < -0.3 is 14.6 Å². The monoisotopic (exact) mass is 649 g/mol. The van der Waals surface area contributed by atoms with Crippen LogP contribution in [-0.4, -0.2) is 35.7 Å². The van der Waals surface area contributed by atoms with Crippen molar-refractivity contribution >= 4 is 27.7 Å². The van der Waals surface area contributed by atoms with Crippen molar-refractivity contribution in [2.75, 3.05) is 13.2 Å². The number of aliphatic hydroxyl groups excluding tert-OH is 1. The molecule has 0 saturated heterocycles. The summed E-state index contributed by atoms with van der Waals surface area (Å²) >= 11 is 3.46. The SMILES string of the molecule is O=C(NNCc1c(F)cccc1F)[C@@]1(Cc2ccc(Br)cc2)N=C(c2ccc(OCCCO)cc2)O[C@H]1c1ccccc1. The molecule has 4 aromatic rings. The van der Waals surface area contributed by atoms with E-state index in [-0.39, 0.29) is 31.0 Å². The van der Waals surface area contributed by atoms with E-state index in [1.54, 1.807) is 24.3 Å². The molecule has 0 bridgehead atoms. The minimum absolute atomic E-state index is 0.0379. The minimum atomic E-state index is -1.48. The number of nitrogens with one attached hydrogen (secondary N) is 2. The third-order valence-electron chi connectivity index (χ3n) is 7.05. The number of nitrogens with zero attached hydrogens (tertiary/aromatic N) is 1. The predicted molar refractivity (Wildman–Crippen MR) is 162 cm³/mol. The molecular weight excluding hydrogens is 620 g/mol. The van der Waals surface area contributed by atoms with Gasteiger partial charge in [0.05, 0.1) is 6.61 Å². The number of benzene rings is 4. The highest BCUT2D eigenvalue weighted by molar-refractivity contribution is 9.10. The van der Waals surface area contributed by atoms with Crippen molar-refractivity contribution in [1.29, 1.82) is 0 Å². The molecule has 0 aliphatic carbocycles. The van der Waals surface area contributed by atoms with E-state index in [0.29, 0.717) is 24.3 Å². The maximum absolute atomic E-state index is 14.3. The number of amides is 1. The third-order valence-corrected chi connectivity index (χ3v) is 7.58. The van der Waals surface area contributed by atoms with Gasteiger partial charge in [-0.2, -0.15) is 0 Å². The van der Waals surface area contributed by atoms with Gasteiger partial charge in [0.25, 0.3) is 5.91 Å². The number of carbonyl (C=O) groups excluding carboxylic acids is 1. The Morgan fingerprint density at radius 1 is 0.953 bits per heavy atom. The van der Waals surface area contributed by atoms with E-state index in [4.69, 9.17) is 19.6 Å². The van der Waals surface area contributed by atoms with Crippen LogP contribution >= 0.6 is 15.9 Å². The highest BCUT2D eigenvalue weighted by Gasteiger charge is 2.53. The Labute approximate surface area is 256 Å². The summed E-state index contributed by atoms with van der Waals surface area (Å²) in [5.41, 5.74) is 5.87. The Bertz CT molecular complexity index is 1550. The summed E-state index contributed by atoms with van der Waals surface area (Å²) < 4.78 is 41.5. The molecule has 1 amide bonds. The number of rotatable bonds is 12. The van der Waals surface area contributed by atoms with Gasteiger partial charge in [-0.05, 0) is 59.7 Å². The molecule has 10 heteroatoms. The van der Waals surface area contributed by atoms with Crippen LogP contribution in [0.15, 0.2) is 107 Å². The van der Waals surface area contributed by atoms with Gasteiger partial charge in [-0.1, -0.05) is 64.5 Å².